The number of rotatable bonds is 3. The van der Waals surface area contributed by atoms with Gasteiger partial charge in [0.1, 0.15) is 0 Å². The fourth-order valence-electron chi connectivity index (χ4n) is 2.99. The summed E-state index contributed by atoms with van der Waals surface area (Å²) in [6.07, 6.45) is -8.16. The van der Waals surface area contributed by atoms with Gasteiger partial charge in [0.05, 0.1) is 21.8 Å². The third kappa shape index (κ3) is 4.88. The van der Waals surface area contributed by atoms with Crippen LogP contribution >= 0.6 is 11.6 Å². The Morgan fingerprint density at radius 2 is 1.54 bits per heavy atom. The van der Waals surface area contributed by atoms with Crippen LogP contribution in [0.25, 0.3) is 0 Å². The van der Waals surface area contributed by atoms with Gasteiger partial charge in [0, 0.05) is 44.6 Å². The zero-order valence-electron chi connectivity index (χ0n) is 14.5. The Kier molecular flexibility index (Phi) is 5.77. The predicted octanol–water partition coefficient (Wildman–Crippen LogP) is 5.09. The molecule has 1 saturated heterocycles. The molecule has 1 fully saturated rings. The van der Waals surface area contributed by atoms with Crippen LogP contribution in [0.5, 0.6) is 0 Å². The first kappa shape index (κ1) is 20.7. The highest BCUT2D eigenvalue weighted by molar-refractivity contribution is 6.31. The van der Waals surface area contributed by atoms with Gasteiger partial charge in [0.15, 0.2) is 0 Å². The maximum atomic E-state index is 12.9. The number of hydrogen-bond donors (Lipinski definition) is 0. The first-order valence-corrected chi connectivity index (χ1v) is 8.78. The molecule has 3 nitrogen and oxygen atoms in total. The zero-order chi connectivity index (χ0) is 20.5. The SMILES string of the molecule is FC(F)(F)c1cccc(N2CCN(Cc3ncc(C(F)(F)F)cc3Cl)CC2)c1. The molecule has 1 aliphatic heterocycles. The van der Waals surface area contributed by atoms with Crippen molar-refractivity contribution < 1.29 is 26.3 Å². The van der Waals surface area contributed by atoms with Crippen molar-refractivity contribution in [3.63, 3.8) is 0 Å². The lowest BCUT2D eigenvalue weighted by molar-refractivity contribution is -0.138. The minimum absolute atomic E-state index is 0.0601. The van der Waals surface area contributed by atoms with Gasteiger partial charge < -0.3 is 4.90 Å². The van der Waals surface area contributed by atoms with Crippen molar-refractivity contribution in [1.82, 2.24) is 9.88 Å². The highest BCUT2D eigenvalue weighted by Crippen LogP contribution is 2.33. The van der Waals surface area contributed by atoms with Crippen molar-refractivity contribution in [3.8, 4) is 0 Å². The molecule has 1 aliphatic rings. The molecule has 0 unspecified atom stereocenters. The first-order valence-electron chi connectivity index (χ1n) is 8.40. The van der Waals surface area contributed by atoms with Gasteiger partial charge in [-0.2, -0.15) is 26.3 Å². The van der Waals surface area contributed by atoms with E-state index in [1.165, 1.54) is 6.07 Å². The minimum Gasteiger partial charge on any atom is -0.369 e. The molecule has 0 atom stereocenters. The average Bonchev–Trinajstić information content (AvgIpc) is 2.62. The molecule has 0 aliphatic carbocycles. The fraction of sp³-hybridized carbons (Fsp3) is 0.389. The molecule has 0 N–H and O–H groups in total. The lowest BCUT2D eigenvalue weighted by Gasteiger charge is -2.36. The minimum atomic E-state index is -4.51. The van der Waals surface area contributed by atoms with Crippen LogP contribution in [-0.2, 0) is 18.9 Å². The maximum absolute atomic E-state index is 12.9. The van der Waals surface area contributed by atoms with Crippen molar-refractivity contribution in [2.75, 3.05) is 31.1 Å². The van der Waals surface area contributed by atoms with Gasteiger partial charge in [-0.1, -0.05) is 17.7 Å². The Morgan fingerprint density at radius 1 is 0.893 bits per heavy atom. The van der Waals surface area contributed by atoms with Crippen LogP contribution in [0.15, 0.2) is 36.5 Å². The van der Waals surface area contributed by atoms with Crippen molar-refractivity contribution in [2.45, 2.75) is 18.9 Å². The Bertz CT molecular complexity index is 829. The third-order valence-electron chi connectivity index (χ3n) is 4.53. The van der Waals surface area contributed by atoms with Crippen LogP contribution in [0, 0.1) is 0 Å². The molecule has 2 heterocycles. The summed E-state index contributed by atoms with van der Waals surface area (Å²) >= 11 is 5.93. The standard InChI is InChI=1S/C18H16ClF6N3/c19-15-9-13(18(23,24)25)10-26-16(15)11-27-4-6-28(7-5-27)14-3-1-2-12(8-14)17(20,21)22/h1-3,8-10H,4-7,11H2. The summed E-state index contributed by atoms with van der Waals surface area (Å²) in [5.74, 6) is 0. The van der Waals surface area contributed by atoms with Gasteiger partial charge in [-0.15, -0.1) is 0 Å². The molecule has 1 aromatic carbocycles. The van der Waals surface area contributed by atoms with Crippen molar-refractivity contribution in [1.29, 1.82) is 0 Å². The van der Waals surface area contributed by atoms with Crippen LogP contribution in [0.4, 0.5) is 32.0 Å². The lowest BCUT2D eigenvalue weighted by atomic mass is 10.1. The molecule has 0 spiro atoms. The van der Waals surface area contributed by atoms with Crippen molar-refractivity contribution >= 4 is 17.3 Å². The summed E-state index contributed by atoms with van der Waals surface area (Å²) in [4.78, 5) is 7.61. The van der Waals surface area contributed by atoms with E-state index >= 15 is 0 Å². The number of nitrogens with zero attached hydrogens (tertiary/aromatic N) is 3. The number of alkyl halides is 6. The number of aromatic nitrogens is 1. The first-order chi connectivity index (χ1) is 13.0. The molecule has 1 aromatic heterocycles. The number of hydrogen-bond acceptors (Lipinski definition) is 3. The molecule has 2 aromatic rings. The molecular formula is C18H16ClF6N3. The van der Waals surface area contributed by atoms with Gasteiger partial charge in [-0.3, -0.25) is 9.88 Å². The Labute approximate surface area is 162 Å². The molecule has 0 amide bonds. The van der Waals surface area contributed by atoms with E-state index in [1.54, 1.807) is 6.07 Å². The van der Waals surface area contributed by atoms with Crippen LogP contribution < -0.4 is 4.90 Å². The summed E-state index contributed by atoms with van der Waals surface area (Å²) in [5.41, 5.74) is -0.786. The summed E-state index contributed by atoms with van der Waals surface area (Å²) in [6, 6.07) is 5.99. The normalized spacial score (nSPS) is 16.5. The van der Waals surface area contributed by atoms with Crippen molar-refractivity contribution in [2.24, 2.45) is 0 Å². The average molecular weight is 424 g/mol. The van der Waals surface area contributed by atoms with E-state index in [4.69, 9.17) is 11.6 Å². The van der Waals surface area contributed by atoms with Gasteiger partial charge in [-0.25, -0.2) is 0 Å². The van der Waals surface area contributed by atoms with Gasteiger partial charge in [0.2, 0.25) is 0 Å². The Balaban J connectivity index is 1.62. The summed E-state index contributed by atoms with van der Waals surface area (Å²) in [7, 11) is 0. The number of piperazine rings is 1. The van der Waals surface area contributed by atoms with Gasteiger partial charge >= 0.3 is 12.4 Å². The van der Waals surface area contributed by atoms with Crippen LogP contribution in [0.1, 0.15) is 16.8 Å². The predicted molar refractivity (Wildman–Crippen MR) is 93.2 cm³/mol. The second-order valence-corrected chi connectivity index (χ2v) is 6.87. The fourth-order valence-corrected chi connectivity index (χ4v) is 3.22. The molecule has 0 saturated carbocycles. The molecule has 0 radical (unpaired) electrons. The molecule has 3 rings (SSSR count). The Morgan fingerprint density at radius 3 is 2.11 bits per heavy atom. The summed E-state index contributed by atoms with van der Waals surface area (Å²) < 4.78 is 76.6. The largest absolute Gasteiger partial charge is 0.417 e. The molecule has 28 heavy (non-hydrogen) atoms. The second-order valence-electron chi connectivity index (χ2n) is 6.46. The summed E-state index contributed by atoms with van der Waals surface area (Å²) in [6.45, 7) is 2.29. The van der Waals surface area contributed by atoms with E-state index in [9.17, 15) is 26.3 Å². The molecule has 0 bridgehead atoms. The molecule has 10 heteroatoms. The quantitative estimate of drug-likeness (QED) is 0.641. The molecule has 152 valence electrons. The smallest absolute Gasteiger partial charge is 0.369 e. The lowest BCUT2D eigenvalue weighted by Crippen LogP contribution is -2.46. The van der Waals surface area contributed by atoms with E-state index in [2.05, 4.69) is 4.98 Å². The highest BCUT2D eigenvalue weighted by atomic mass is 35.5. The van der Waals surface area contributed by atoms with Gasteiger partial charge in [0.25, 0.3) is 0 Å². The van der Waals surface area contributed by atoms with E-state index in [1.807, 2.05) is 9.80 Å². The number of anilines is 1. The Hall–Kier alpha value is -2.00. The van der Waals surface area contributed by atoms with E-state index in [0.29, 0.717) is 37.6 Å². The van der Waals surface area contributed by atoms with E-state index < -0.39 is 23.5 Å². The number of pyridine rings is 1. The number of benzene rings is 1. The topological polar surface area (TPSA) is 19.4 Å². The monoisotopic (exact) mass is 423 g/mol. The maximum Gasteiger partial charge on any atom is 0.417 e. The van der Waals surface area contributed by atoms with Crippen LogP contribution in [0.2, 0.25) is 5.02 Å². The van der Waals surface area contributed by atoms with Crippen molar-refractivity contribution in [3.05, 3.63) is 58.4 Å². The highest BCUT2D eigenvalue weighted by Gasteiger charge is 2.32. The third-order valence-corrected chi connectivity index (χ3v) is 4.86. The second kappa shape index (κ2) is 7.79. The summed E-state index contributed by atoms with van der Waals surface area (Å²) in [5, 5.41) is -0.0601. The molecular weight excluding hydrogens is 408 g/mol. The van der Waals surface area contributed by atoms with Crippen LogP contribution in [0.3, 0.4) is 0 Å². The zero-order valence-corrected chi connectivity index (χ0v) is 15.2. The number of halogens is 7. The van der Waals surface area contributed by atoms with E-state index in [-0.39, 0.29) is 11.6 Å². The van der Waals surface area contributed by atoms with Gasteiger partial charge in [-0.05, 0) is 24.3 Å². The van der Waals surface area contributed by atoms with Crippen LogP contribution in [-0.4, -0.2) is 36.1 Å². The van der Waals surface area contributed by atoms with E-state index in [0.717, 1.165) is 24.4 Å².